The average Bonchev–Trinajstić information content (AvgIpc) is 2.78. The first-order valence-electron chi connectivity index (χ1n) is 8.42. The summed E-state index contributed by atoms with van der Waals surface area (Å²) in [5.41, 5.74) is 0. The van der Waals surface area contributed by atoms with Gasteiger partial charge in [-0.15, -0.1) is 0 Å². The Kier molecular flexibility index (Phi) is 4.45. The highest BCUT2D eigenvalue weighted by Crippen LogP contribution is 2.32. The van der Waals surface area contributed by atoms with Gasteiger partial charge in [0.25, 0.3) is 0 Å². The van der Waals surface area contributed by atoms with Crippen LogP contribution >= 0.6 is 0 Å². The molecule has 3 saturated heterocycles. The van der Waals surface area contributed by atoms with Crippen LogP contribution in [0.25, 0.3) is 0 Å². The van der Waals surface area contributed by atoms with Gasteiger partial charge in [0.05, 0.1) is 0 Å². The number of nitrogens with one attached hydrogen (secondary N) is 1. The van der Waals surface area contributed by atoms with E-state index >= 15 is 0 Å². The molecule has 3 aliphatic heterocycles. The van der Waals surface area contributed by atoms with Gasteiger partial charge in [-0.3, -0.25) is 4.90 Å². The van der Waals surface area contributed by atoms with Gasteiger partial charge in [-0.25, -0.2) is 0 Å². The van der Waals surface area contributed by atoms with E-state index in [0.29, 0.717) is 6.04 Å². The Bertz CT molecular complexity index is 292. The molecule has 3 rings (SSSR count). The quantitative estimate of drug-likeness (QED) is 0.836. The molecule has 0 spiro atoms. The topological polar surface area (TPSA) is 18.5 Å². The van der Waals surface area contributed by atoms with E-state index in [-0.39, 0.29) is 0 Å². The molecule has 0 aromatic rings. The highest BCUT2D eigenvalue weighted by Gasteiger charge is 2.38. The van der Waals surface area contributed by atoms with Crippen LogP contribution in [0.5, 0.6) is 0 Å². The van der Waals surface area contributed by atoms with E-state index < -0.39 is 0 Å². The van der Waals surface area contributed by atoms with Crippen molar-refractivity contribution in [1.29, 1.82) is 0 Å². The molecule has 3 fully saturated rings. The minimum atomic E-state index is 0.633. The number of nitrogens with zero attached hydrogens (tertiary/aromatic N) is 2. The summed E-state index contributed by atoms with van der Waals surface area (Å²) in [6.07, 6.45) is 5.72. The first-order chi connectivity index (χ1) is 9.22. The lowest BCUT2D eigenvalue weighted by Crippen LogP contribution is -2.51. The van der Waals surface area contributed by atoms with Crippen molar-refractivity contribution >= 4 is 0 Å². The smallest absolute Gasteiger partial charge is 0.0148 e. The van der Waals surface area contributed by atoms with E-state index in [1.165, 1.54) is 65.0 Å². The standard InChI is InChI=1S/C16H31N3/c1-13(2)17-10-14-4-3-7-19(11-14)16-6-9-18-8-5-15(16)12-18/h13-17H,3-12H2,1-2H3. The molecule has 0 aromatic carbocycles. The highest BCUT2D eigenvalue weighted by atomic mass is 15.2. The minimum absolute atomic E-state index is 0.633. The molecule has 4 atom stereocenters. The average molecular weight is 265 g/mol. The second-order valence-electron chi connectivity index (χ2n) is 7.27. The maximum atomic E-state index is 3.64. The van der Waals surface area contributed by atoms with Gasteiger partial charge in [-0.05, 0) is 63.7 Å². The van der Waals surface area contributed by atoms with E-state index in [4.69, 9.17) is 0 Å². The van der Waals surface area contributed by atoms with Crippen molar-refractivity contribution in [3.8, 4) is 0 Å². The van der Waals surface area contributed by atoms with Crippen molar-refractivity contribution in [2.24, 2.45) is 11.8 Å². The SMILES string of the molecule is CC(C)NCC1CCCN(C2CCN3CCC2C3)C1. The van der Waals surface area contributed by atoms with Crippen molar-refractivity contribution < 1.29 is 0 Å². The van der Waals surface area contributed by atoms with Crippen LogP contribution in [0.4, 0.5) is 0 Å². The lowest BCUT2D eigenvalue weighted by Gasteiger charge is -2.43. The summed E-state index contributed by atoms with van der Waals surface area (Å²) in [5, 5.41) is 3.64. The monoisotopic (exact) mass is 265 g/mol. The Balaban J connectivity index is 1.52. The maximum Gasteiger partial charge on any atom is 0.0148 e. The molecule has 3 nitrogen and oxygen atoms in total. The Morgan fingerprint density at radius 1 is 1.05 bits per heavy atom. The Hall–Kier alpha value is -0.120. The number of fused-ring (bicyclic) bond motifs is 2. The molecule has 0 radical (unpaired) electrons. The summed E-state index contributed by atoms with van der Waals surface area (Å²) in [5.74, 6) is 1.86. The van der Waals surface area contributed by atoms with Crippen LogP contribution in [0.1, 0.15) is 39.5 Å². The number of likely N-dealkylation sites (tertiary alicyclic amines) is 1. The van der Waals surface area contributed by atoms with E-state index in [1.807, 2.05) is 0 Å². The molecule has 19 heavy (non-hydrogen) atoms. The van der Waals surface area contributed by atoms with Crippen LogP contribution in [0.3, 0.4) is 0 Å². The van der Waals surface area contributed by atoms with Crippen LogP contribution in [-0.2, 0) is 0 Å². The van der Waals surface area contributed by atoms with E-state index in [0.717, 1.165) is 17.9 Å². The minimum Gasteiger partial charge on any atom is -0.314 e. The zero-order chi connectivity index (χ0) is 13.2. The summed E-state index contributed by atoms with van der Waals surface area (Å²) in [4.78, 5) is 5.52. The zero-order valence-corrected chi connectivity index (χ0v) is 12.8. The highest BCUT2D eigenvalue weighted by molar-refractivity contribution is 4.93. The molecule has 0 aliphatic carbocycles. The van der Waals surface area contributed by atoms with Gasteiger partial charge in [-0.2, -0.15) is 0 Å². The summed E-state index contributed by atoms with van der Waals surface area (Å²) in [6.45, 7) is 12.6. The second-order valence-corrected chi connectivity index (χ2v) is 7.27. The van der Waals surface area contributed by atoms with Crippen molar-refractivity contribution in [3.63, 3.8) is 0 Å². The van der Waals surface area contributed by atoms with Gasteiger partial charge in [0.2, 0.25) is 0 Å². The maximum absolute atomic E-state index is 3.64. The predicted molar refractivity (Wildman–Crippen MR) is 80.4 cm³/mol. The van der Waals surface area contributed by atoms with Crippen molar-refractivity contribution in [2.45, 2.75) is 51.6 Å². The fourth-order valence-corrected chi connectivity index (χ4v) is 4.38. The summed E-state index contributed by atoms with van der Waals surface area (Å²) >= 11 is 0. The molecule has 0 aromatic heterocycles. The summed E-state index contributed by atoms with van der Waals surface area (Å²) < 4.78 is 0. The van der Waals surface area contributed by atoms with Gasteiger partial charge >= 0.3 is 0 Å². The van der Waals surface area contributed by atoms with Crippen molar-refractivity contribution in [1.82, 2.24) is 15.1 Å². The first-order valence-corrected chi connectivity index (χ1v) is 8.42. The van der Waals surface area contributed by atoms with Gasteiger partial charge in [0.1, 0.15) is 0 Å². The number of hydrogen-bond acceptors (Lipinski definition) is 3. The summed E-state index contributed by atoms with van der Waals surface area (Å²) in [6, 6.07) is 1.54. The van der Waals surface area contributed by atoms with Crippen LogP contribution in [-0.4, -0.2) is 61.2 Å². The van der Waals surface area contributed by atoms with Gasteiger partial charge < -0.3 is 10.2 Å². The molecule has 110 valence electrons. The van der Waals surface area contributed by atoms with E-state index in [9.17, 15) is 0 Å². The molecular weight excluding hydrogens is 234 g/mol. The number of piperidine rings is 2. The van der Waals surface area contributed by atoms with Gasteiger partial charge in [-0.1, -0.05) is 13.8 Å². The normalized spacial score (nSPS) is 39.9. The molecule has 3 heteroatoms. The van der Waals surface area contributed by atoms with Crippen molar-refractivity contribution in [3.05, 3.63) is 0 Å². The molecular formula is C16H31N3. The Labute approximate surface area is 118 Å². The largest absolute Gasteiger partial charge is 0.314 e. The Morgan fingerprint density at radius 2 is 1.89 bits per heavy atom. The molecule has 2 bridgehead atoms. The van der Waals surface area contributed by atoms with E-state index in [1.54, 1.807) is 0 Å². The molecule has 4 unspecified atom stereocenters. The molecule has 3 heterocycles. The van der Waals surface area contributed by atoms with Gasteiger partial charge in [0.15, 0.2) is 0 Å². The lowest BCUT2D eigenvalue weighted by molar-refractivity contribution is 0.0606. The first kappa shape index (κ1) is 13.8. The molecule has 1 N–H and O–H groups in total. The van der Waals surface area contributed by atoms with Gasteiger partial charge in [0, 0.05) is 25.2 Å². The van der Waals surface area contributed by atoms with Crippen LogP contribution < -0.4 is 5.32 Å². The number of rotatable bonds is 4. The van der Waals surface area contributed by atoms with Crippen LogP contribution in [0.2, 0.25) is 0 Å². The number of hydrogen-bond donors (Lipinski definition) is 1. The zero-order valence-electron chi connectivity index (χ0n) is 12.8. The third-order valence-electron chi connectivity index (χ3n) is 5.43. The summed E-state index contributed by atoms with van der Waals surface area (Å²) in [7, 11) is 0. The fourth-order valence-electron chi connectivity index (χ4n) is 4.38. The van der Waals surface area contributed by atoms with E-state index in [2.05, 4.69) is 29.0 Å². The molecule has 3 aliphatic rings. The fraction of sp³-hybridized carbons (Fsp3) is 1.00. The Morgan fingerprint density at radius 3 is 2.74 bits per heavy atom. The second kappa shape index (κ2) is 6.11. The third-order valence-corrected chi connectivity index (χ3v) is 5.43. The van der Waals surface area contributed by atoms with Crippen LogP contribution in [0.15, 0.2) is 0 Å². The lowest BCUT2D eigenvalue weighted by atomic mass is 9.88. The van der Waals surface area contributed by atoms with Crippen molar-refractivity contribution in [2.75, 3.05) is 39.3 Å². The molecule has 0 saturated carbocycles. The van der Waals surface area contributed by atoms with Crippen LogP contribution in [0, 0.1) is 11.8 Å². The predicted octanol–water partition coefficient (Wildman–Crippen LogP) is 1.79. The third kappa shape index (κ3) is 3.32. The molecule has 0 amide bonds.